The summed E-state index contributed by atoms with van der Waals surface area (Å²) in [7, 11) is 1.54. The van der Waals surface area contributed by atoms with Crippen LogP contribution in [0.1, 0.15) is 0 Å². The van der Waals surface area contributed by atoms with E-state index in [9.17, 15) is 0 Å². The van der Waals surface area contributed by atoms with E-state index in [1.54, 1.807) is 43.5 Å². The third-order valence-corrected chi connectivity index (χ3v) is 3.09. The van der Waals surface area contributed by atoms with E-state index >= 15 is 0 Å². The average molecular weight is 304 g/mol. The van der Waals surface area contributed by atoms with Crippen molar-refractivity contribution in [3.05, 3.63) is 51.5 Å². The molecular formula is C13H9Cl3O2. The van der Waals surface area contributed by atoms with Crippen LogP contribution in [-0.2, 0) is 0 Å². The molecule has 0 bridgehead atoms. The van der Waals surface area contributed by atoms with Gasteiger partial charge in [0.15, 0.2) is 0 Å². The van der Waals surface area contributed by atoms with Gasteiger partial charge >= 0.3 is 0 Å². The van der Waals surface area contributed by atoms with Gasteiger partial charge in [-0.3, -0.25) is 0 Å². The monoisotopic (exact) mass is 302 g/mol. The van der Waals surface area contributed by atoms with Gasteiger partial charge in [-0.15, -0.1) is 0 Å². The first-order valence-corrected chi connectivity index (χ1v) is 6.20. The SMILES string of the molecule is COc1cc(Oc2ccc(Cl)cc2Cl)ccc1Cl. The Balaban J connectivity index is 2.28. The molecule has 0 aliphatic rings. The predicted molar refractivity (Wildman–Crippen MR) is 74.5 cm³/mol. The smallest absolute Gasteiger partial charge is 0.146 e. The van der Waals surface area contributed by atoms with Gasteiger partial charge in [-0.25, -0.2) is 0 Å². The average Bonchev–Trinajstić information content (AvgIpc) is 2.35. The highest BCUT2D eigenvalue weighted by Crippen LogP contribution is 2.34. The second kappa shape index (κ2) is 5.70. The van der Waals surface area contributed by atoms with Gasteiger partial charge < -0.3 is 9.47 Å². The Kier molecular flexibility index (Phi) is 4.23. The topological polar surface area (TPSA) is 18.5 Å². The van der Waals surface area contributed by atoms with Crippen molar-refractivity contribution in [2.75, 3.05) is 7.11 Å². The Morgan fingerprint density at radius 2 is 1.61 bits per heavy atom. The van der Waals surface area contributed by atoms with E-state index in [0.29, 0.717) is 32.3 Å². The lowest BCUT2D eigenvalue weighted by Gasteiger charge is -2.10. The van der Waals surface area contributed by atoms with Gasteiger partial charge in [-0.1, -0.05) is 34.8 Å². The molecule has 0 heterocycles. The summed E-state index contributed by atoms with van der Waals surface area (Å²) in [6, 6.07) is 10.1. The number of methoxy groups -OCH3 is 1. The Hall–Kier alpha value is -1.09. The van der Waals surface area contributed by atoms with Crippen molar-refractivity contribution >= 4 is 34.8 Å². The van der Waals surface area contributed by atoms with Crippen LogP contribution in [0.5, 0.6) is 17.2 Å². The van der Waals surface area contributed by atoms with Crippen LogP contribution in [0.2, 0.25) is 15.1 Å². The minimum Gasteiger partial charge on any atom is -0.495 e. The van der Waals surface area contributed by atoms with Crippen LogP contribution in [0.3, 0.4) is 0 Å². The zero-order chi connectivity index (χ0) is 13.1. The second-order valence-corrected chi connectivity index (χ2v) is 4.72. The highest BCUT2D eigenvalue weighted by molar-refractivity contribution is 6.35. The molecule has 0 aromatic heterocycles. The van der Waals surface area contributed by atoms with Crippen molar-refractivity contribution in [2.45, 2.75) is 0 Å². The standard InChI is InChI=1S/C13H9Cl3O2/c1-17-13-7-9(3-4-10(13)15)18-12-5-2-8(14)6-11(12)16/h2-7H,1H3. The zero-order valence-corrected chi connectivity index (χ0v) is 11.7. The molecule has 0 atom stereocenters. The van der Waals surface area contributed by atoms with E-state index in [2.05, 4.69) is 0 Å². The molecule has 2 nitrogen and oxygen atoms in total. The number of hydrogen-bond donors (Lipinski definition) is 0. The van der Waals surface area contributed by atoms with Gasteiger partial charge in [0.25, 0.3) is 0 Å². The van der Waals surface area contributed by atoms with Crippen LogP contribution >= 0.6 is 34.8 Å². The minimum atomic E-state index is 0.441. The van der Waals surface area contributed by atoms with Crippen LogP contribution < -0.4 is 9.47 Å². The number of benzene rings is 2. The summed E-state index contributed by atoms with van der Waals surface area (Å²) in [5, 5.41) is 1.52. The lowest BCUT2D eigenvalue weighted by atomic mass is 10.3. The van der Waals surface area contributed by atoms with Crippen molar-refractivity contribution in [1.82, 2.24) is 0 Å². The van der Waals surface area contributed by atoms with E-state index in [0.717, 1.165) is 0 Å². The van der Waals surface area contributed by atoms with Crippen LogP contribution in [-0.4, -0.2) is 7.11 Å². The maximum absolute atomic E-state index is 6.02. The molecular weight excluding hydrogens is 294 g/mol. The Labute approximate surface area is 120 Å². The van der Waals surface area contributed by atoms with Crippen LogP contribution in [0.4, 0.5) is 0 Å². The molecule has 0 saturated heterocycles. The highest BCUT2D eigenvalue weighted by atomic mass is 35.5. The van der Waals surface area contributed by atoms with E-state index in [4.69, 9.17) is 44.3 Å². The molecule has 0 fully saturated rings. The lowest BCUT2D eigenvalue weighted by Crippen LogP contribution is -1.88. The van der Waals surface area contributed by atoms with Gasteiger partial charge in [0.2, 0.25) is 0 Å². The van der Waals surface area contributed by atoms with Crippen LogP contribution in [0.15, 0.2) is 36.4 Å². The molecule has 2 aromatic rings. The molecule has 0 aliphatic heterocycles. The molecule has 0 amide bonds. The lowest BCUT2D eigenvalue weighted by molar-refractivity contribution is 0.409. The van der Waals surface area contributed by atoms with Crippen LogP contribution in [0, 0.1) is 0 Å². The summed E-state index contributed by atoms with van der Waals surface area (Å²) in [4.78, 5) is 0. The first kappa shape index (κ1) is 13.3. The maximum Gasteiger partial charge on any atom is 0.146 e. The zero-order valence-electron chi connectivity index (χ0n) is 9.41. The Morgan fingerprint density at radius 1 is 0.833 bits per heavy atom. The summed E-state index contributed by atoms with van der Waals surface area (Å²) in [5.74, 6) is 1.64. The van der Waals surface area contributed by atoms with Gasteiger partial charge in [-0.2, -0.15) is 0 Å². The fourth-order valence-electron chi connectivity index (χ4n) is 1.39. The maximum atomic E-state index is 6.02. The molecule has 0 aliphatic carbocycles. The molecule has 18 heavy (non-hydrogen) atoms. The van der Waals surface area contributed by atoms with E-state index < -0.39 is 0 Å². The minimum absolute atomic E-state index is 0.441. The van der Waals surface area contributed by atoms with Crippen molar-refractivity contribution in [3.63, 3.8) is 0 Å². The second-order valence-electron chi connectivity index (χ2n) is 3.47. The Morgan fingerprint density at radius 3 is 2.28 bits per heavy atom. The molecule has 2 aromatic carbocycles. The highest BCUT2D eigenvalue weighted by Gasteiger charge is 2.07. The van der Waals surface area contributed by atoms with Crippen LogP contribution in [0.25, 0.3) is 0 Å². The molecule has 2 rings (SSSR count). The summed E-state index contributed by atoms with van der Waals surface area (Å²) < 4.78 is 10.7. The normalized spacial score (nSPS) is 10.2. The van der Waals surface area contributed by atoms with E-state index in [-0.39, 0.29) is 0 Å². The summed E-state index contributed by atoms with van der Waals surface area (Å²) in [5.41, 5.74) is 0. The van der Waals surface area contributed by atoms with Crippen molar-refractivity contribution in [2.24, 2.45) is 0 Å². The molecule has 5 heteroatoms. The third kappa shape index (κ3) is 3.02. The van der Waals surface area contributed by atoms with E-state index in [1.807, 2.05) is 0 Å². The quantitative estimate of drug-likeness (QED) is 0.751. The summed E-state index contributed by atoms with van der Waals surface area (Å²) in [6.07, 6.45) is 0. The van der Waals surface area contributed by atoms with Gasteiger partial charge in [-0.05, 0) is 30.3 Å². The molecule has 94 valence electrons. The number of rotatable bonds is 3. The fraction of sp³-hybridized carbons (Fsp3) is 0.0769. The van der Waals surface area contributed by atoms with Crippen molar-refractivity contribution in [1.29, 1.82) is 0 Å². The fourth-order valence-corrected chi connectivity index (χ4v) is 2.03. The Bertz CT molecular complexity index is 570. The number of hydrogen-bond acceptors (Lipinski definition) is 2. The summed E-state index contributed by atoms with van der Waals surface area (Å²) in [6.45, 7) is 0. The molecule has 0 spiro atoms. The first-order chi connectivity index (χ1) is 8.60. The molecule has 0 N–H and O–H groups in total. The van der Waals surface area contributed by atoms with Gasteiger partial charge in [0, 0.05) is 11.1 Å². The first-order valence-electron chi connectivity index (χ1n) is 5.06. The number of halogens is 3. The van der Waals surface area contributed by atoms with Crippen molar-refractivity contribution < 1.29 is 9.47 Å². The molecule has 0 radical (unpaired) electrons. The predicted octanol–water partition coefficient (Wildman–Crippen LogP) is 5.45. The number of ether oxygens (including phenoxy) is 2. The third-order valence-electron chi connectivity index (χ3n) is 2.24. The molecule has 0 unspecified atom stereocenters. The molecule has 0 saturated carbocycles. The summed E-state index contributed by atoms with van der Waals surface area (Å²) >= 11 is 17.8. The van der Waals surface area contributed by atoms with E-state index in [1.165, 1.54) is 0 Å². The largest absolute Gasteiger partial charge is 0.495 e. The van der Waals surface area contributed by atoms with Gasteiger partial charge in [0.05, 0.1) is 17.2 Å². The van der Waals surface area contributed by atoms with Gasteiger partial charge in [0.1, 0.15) is 17.2 Å². The van der Waals surface area contributed by atoms with Crippen molar-refractivity contribution in [3.8, 4) is 17.2 Å².